The number of amides is 1. The smallest absolute Gasteiger partial charge is 0.255 e. The van der Waals surface area contributed by atoms with Gasteiger partial charge >= 0.3 is 0 Å². The molecule has 1 fully saturated rings. The van der Waals surface area contributed by atoms with Crippen molar-refractivity contribution in [3.05, 3.63) is 24.0 Å². The Bertz CT molecular complexity index is 422. The molecule has 2 rings (SSSR count). The van der Waals surface area contributed by atoms with Crippen molar-refractivity contribution in [3.63, 3.8) is 0 Å². The standard InChI is InChI=1S/C12H19N5OS/c13-16-11-1-2-14-9-10(11)12(18)15-3-4-17-5-7-19-8-6-17/h1-2,9H,3-8,13H2,(H,14,16)(H,15,18). The van der Waals surface area contributed by atoms with Crippen LogP contribution in [0.3, 0.4) is 0 Å². The Morgan fingerprint density at radius 3 is 3.00 bits per heavy atom. The Morgan fingerprint density at radius 1 is 1.47 bits per heavy atom. The number of nitrogen functional groups attached to an aromatic ring is 1. The van der Waals surface area contributed by atoms with E-state index in [-0.39, 0.29) is 5.91 Å². The van der Waals surface area contributed by atoms with Gasteiger partial charge in [-0.3, -0.25) is 20.5 Å². The fraction of sp³-hybridized carbons (Fsp3) is 0.500. The van der Waals surface area contributed by atoms with Crippen molar-refractivity contribution in [2.45, 2.75) is 0 Å². The summed E-state index contributed by atoms with van der Waals surface area (Å²) in [4.78, 5) is 18.3. The highest BCUT2D eigenvalue weighted by atomic mass is 32.2. The Kier molecular flexibility index (Phi) is 5.44. The van der Waals surface area contributed by atoms with Gasteiger partial charge in [0.2, 0.25) is 0 Å². The van der Waals surface area contributed by atoms with Gasteiger partial charge < -0.3 is 10.7 Å². The molecule has 0 saturated carbocycles. The number of nitrogens with two attached hydrogens (primary N) is 1. The van der Waals surface area contributed by atoms with Crippen molar-refractivity contribution in [3.8, 4) is 0 Å². The van der Waals surface area contributed by atoms with Crippen molar-refractivity contribution in [2.75, 3.05) is 43.1 Å². The van der Waals surface area contributed by atoms with Crippen LogP contribution in [0.25, 0.3) is 0 Å². The summed E-state index contributed by atoms with van der Waals surface area (Å²) in [6.45, 7) is 3.73. The van der Waals surface area contributed by atoms with Gasteiger partial charge in [0.15, 0.2) is 0 Å². The van der Waals surface area contributed by atoms with E-state index in [0.717, 1.165) is 19.6 Å². The number of carbonyl (C=O) groups excluding carboxylic acids is 1. The lowest BCUT2D eigenvalue weighted by Crippen LogP contribution is -2.39. The number of aromatic nitrogens is 1. The molecule has 1 aromatic rings. The third-order valence-electron chi connectivity index (χ3n) is 3.04. The lowest BCUT2D eigenvalue weighted by molar-refractivity contribution is 0.0949. The average molecular weight is 281 g/mol. The van der Waals surface area contributed by atoms with E-state index in [2.05, 4.69) is 20.6 Å². The van der Waals surface area contributed by atoms with Crippen LogP contribution in [-0.2, 0) is 0 Å². The summed E-state index contributed by atoms with van der Waals surface area (Å²) in [5.74, 6) is 7.58. The van der Waals surface area contributed by atoms with Gasteiger partial charge in [-0.2, -0.15) is 11.8 Å². The van der Waals surface area contributed by atoms with E-state index < -0.39 is 0 Å². The van der Waals surface area contributed by atoms with E-state index in [1.54, 1.807) is 12.3 Å². The monoisotopic (exact) mass is 281 g/mol. The number of nitrogens with zero attached hydrogens (tertiary/aromatic N) is 2. The van der Waals surface area contributed by atoms with Crippen LogP contribution in [0.2, 0.25) is 0 Å². The minimum absolute atomic E-state index is 0.146. The van der Waals surface area contributed by atoms with Crippen LogP contribution < -0.4 is 16.6 Å². The molecule has 1 aliphatic heterocycles. The maximum Gasteiger partial charge on any atom is 0.255 e. The SMILES string of the molecule is NNc1ccncc1C(=O)NCCN1CCSCC1. The van der Waals surface area contributed by atoms with E-state index >= 15 is 0 Å². The number of hydrogen-bond donors (Lipinski definition) is 3. The first-order chi connectivity index (χ1) is 9.31. The van der Waals surface area contributed by atoms with E-state index in [4.69, 9.17) is 5.84 Å². The van der Waals surface area contributed by atoms with Gasteiger partial charge in [-0.25, -0.2) is 0 Å². The highest BCUT2D eigenvalue weighted by Gasteiger charge is 2.12. The summed E-state index contributed by atoms with van der Waals surface area (Å²) in [5, 5.41) is 2.90. The molecule has 104 valence electrons. The summed E-state index contributed by atoms with van der Waals surface area (Å²) in [5.41, 5.74) is 3.56. The third-order valence-corrected chi connectivity index (χ3v) is 3.98. The van der Waals surface area contributed by atoms with Gasteiger partial charge in [0.25, 0.3) is 5.91 Å². The van der Waals surface area contributed by atoms with Gasteiger partial charge in [0.05, 0.1) is 11.3 Å². The zero-order valence-electron chi connectivity index (χ0n) is 10.8. The molecule has 1 saturated heterocycles. The van der Waals surface area contributed by atoms with Gasteiger partial charge in [-0.1, -0.05) is 0 Å². The van der Waals surface area contributed by atoms with Crippen molar-refractivity contribution in [1.29, 1.82) is 0 Å². The first-order valence-corrected chi connectivity index (χ1v) is 7.45. The quantitative estimate of drug-likeness (QED) is 0.526. The van der Waals surface area contributed by atoms with Crippen LogP contribution in [-0.4, -0.2) is 53.5 Å². The Balaban J connectivity index is 1.80. The molecule has 0 aromatic carbocycles. The minimum atomic E-state index is -0.146. The van der Waals surface area contributed by atoms with E-state index in [1.807, 2.05) is 11.8 Å². The van der Waals surface area contributed by atoms with Gasteiger partial charge in [-0.15, -0.1) is 0 Å². The number of hydrazine groups is 1. The largest absolute Gasteiger partial charge is 0.351 e. The van der Waals surface area contributed by atoms with Crippen LogP contribution in [0, 0.1) is 0 Å². The summed E-state index contributed by atoms with van der Waals surface area (Å²) in [6.07, 6.45) is 3.11. The summed E-state index contributed by atoms with van der Waals surface area (Å²) in [6, 6.07) is 1.68. The van der Waals surface area contributed by atoms with E-state index in [9.17, 15) is 4.79 Å². The molecule has 19 heavy (non-hydrogen) atoms. The molecule has 7 heteroatoms. The number of carbonyl (C=O) groups is 1. The lowest BCUT2D eigenvalue weighted by Gasteiger charge is -2.26. The number of nitrogens with one attached hydrogen (secondary N) is 2. The number of rotatable bonds is 5. The Labute approximate surface area is 117 Å². The molecule has 1 aromatic heterocycles. The lowest BCUT2D eigenvalue weighted by atomic mass is 10.2. The molecular formula is C12H19N5OS. The van der Waals surface area contributed by atoms with Crippen LogP contribution >= 0.6 is 11.8 Å². The highest BCUT2D eigenvalue weighted by molar-refractivity contribution is 7.99. The molecule has 0 bridgehead atoms. The zero-order valence-corrected chi connectivity index (χ0v) is 11.6. The molecule has 0 aliphatic carbocycles. The molecule has 4 N–H and O–H groups in total. The van der Waals surface area contributed by atoms with Crippen LogP contribution in [0.4, 0.5) is 5.69 Å². The number of pyridine rings is 1. The number of thioether (sulfide) groups is 1. The van der Waals surface area contributed by atoms with Crippen molar-refractivity contribution in [2.24, 2.45) is 5.84 Å². The van der Waals surface area contributed by atoms with Crippen LogP contribution in [0.1, 0.15) is 10.4 Å². The summed E-state index contributed by atoms with van der Waals surface area (Å²) in [7, 11) is 0. The third kappa shape index (κ3) is 4.09. The Morgan fingerprint density at radius 2 is 2.26 bits per heavy atom. The molecule has 1 amide bonds. The molecular weight excluding hydrogens is 262 g/mol. The van der Waals surface area contributed by atoms with Gasteiger partial charge in [0, 0.05) is 50.1 Å². The van der Waals surface area contributed by atoms with Gasteiger partial charge in [0.1, 0.15) is 0 Å². The second kappa shape index (κ2) is 7.32. The predicted molar refractivity (Wildman–Crippen MR) is 78.1 cm³/mol. The summed E-state index contributed by atoms with van der Waals surface area (Å²) < 4.78 is 0. The molecule has 6 nitrogen and oxygen atoms in total. The maximum atomic E-state index is 12.0. The second-order valence-corrected chi connectivity index (χ2v) is 5.50. The highest BCUT2D eigenvalue weighted by Crippen LogP contribution is 2.11. The average Bonchev–Trinajstić information content (AvgIpc) is 2.48. The van der Waals surface area contributed by atoms with Crippen molar-refractivity contribution >= 4 is 23.4 Å². The molecule has 0 atom stereocenters. The second-order valence-electron chi connectivity index (χ2n) is 4.28. The first-order valence-electron chi connectivity index (χ1n) is 6.30. The number of hydrogen-bond acceptors (Lipinski definition) is 6. The van der Waals surface area contributed by atoms with E-state index in [1.165, 1.54) is 17.7 Å². The maximum absolute atomic E-state index is 12.0. The fourth-order valence-electron chi connectivity index (χ4n) is 1.95. The number of anilines is 1. The molecule has 0 radical (unpaired) electrons. The molecule has 0 spiro atoms. The molecule has 2 heterocycles. The summed E-state index contributed by atoms with van der Waals surface area (Å²) >= 11 is 1.98. The Hall–Kier alpha value is -1.31. The fourth-order valence-corrected chi connectivity index (χ4v) is 2.93. The normalized spacial score (nSPS) is 16.1. The van der Waals surface area contributed by atoms with Gasteiger partial charge in [-0.05, 0) is 6.07 Å². The predicted octanol–water partition coefficient (Wildman–Crippen LogP) is 0.146. The minimum Gasteiger partial charge on any atom is -0.351 e. The molecule has 1 aliphatic rings. The topological polar surface area (TPSA) is 83.3 Å². The first kappa shape index (κ1) is 14.1. The van der Waals surface area contributed by atoms with Crippen molar-refractivity contribution < 1.29 is 4.79 Å². The van der Waals surface area contributed by atoms with Crippen molar-refractivity contribution in [1.82, 2.24) is 15.2 Å². The van der Waals surface area contributed by atoms with Crippen LogP contribution in [0.15, 0.2) is 18.5 Å². The van der Waals surface area contributed by atoms with Crippen LogP contribution in [0.5, 0.6) is 0 Å². The zero-order chi connectivity index (χ0) is 13.5. The van der Waals surface area contributed by atoms with E-state index in [0.29, 0.717) is 17.8 Å². The molecule has 0 unspecified atom stereocenters.